The molecule has 1 saturated heterocycles. The summed E-state index contributed by atoms with van der Waals surface area (Å²) in [5.74, 6) is 0.723. The van der Waals surface area contributed by atoms with Crippen LogP contribution in [0.4, 0.5) is 0 Å². The topological polar surface area (TPSA) is 42.3 Å². The summed E-state index contributed by atoms with van der Waals surface area (Å²) < 4.78 is 7.85. The van der Waals surface area contributed by atoms with E-state index in [2.05, 4.69) is 29.0 Å². The molecule has 1 aromatic heterocycles. The maximum absolute atomic E-state index is 5.81. The van der Waals surface area contributed by atoms with Crippen LogP contribution in [0.25, 0.3) is 0 Å². The zero-order valence-electron chi connectivity index (χ0n) is 12.3. The highest BCUT2D eigenvalue weighted by atomic mass is 16.5. The van der Waals surface area contributed by atoms with Gasteiger partial charge in [-0.1, -0.05) is 13.8 Å². The molecule has 0 bridgehead atoms. The lowest BCUT2D eigenvalue weighted by atomic mass is 10.2. The number of nitrogens with zero attached hydrogens (tertiary/aromatic N) is 3. The van der Waals surface area contributed by atoms with Crippen molar-refractivity contribution in [1.29, 1.82) is 0 Å². The lowest BCUT2D eigenvalue weighted by Crippen LogP contribution is -2.47. The number of aromatic nitrogens is 2. The summed E-state index contributed by atoms with van der Waals surface area (Å²) in [6, 6.07) is 0. The lowest BCUT2D eigenvalue weighted by Gasteiger charge is -2.34. The zero-order chi connectivity index (χ0) is 13.7. The Balaban J connectivity index is 1.69. The number of imidazole rings is 1. The second kappa shape index (κ2) is 7.03. The van der Waals surface area contributed by atoms with Crippen molar-refractivity contribution in [2.24, 2.45) is 13.0 Å². The molecule has 0 amide bonds. The van der Waals surface area contributed by atoms with Crippen LogP contribution < -0.4 is 5.32 Å². The minimum Gasteiger partial charge on any atom is -0.374 e. The van der Waals surface area contributed by atoms with Crippen LogP contribution in [0, 0.1) is 5.92 Å². The number of rotatable bonds is 6. The van der Waals surface area contributed by atoms with E-state index >= 15 is 0 Å². The van der Waals surface area contributed by atoms with Crippen LogP contribution in [-0.2, 0) is 18.3 Å². The fraction of sp³-hybridized carbons (Fsp3) is 0.786. The molecule has 1 aromatic rings. The third kappa shape index (κ3) is 4.60. The summed E-state index contributed by atoms with van der Waals surface area (Å²) in [5.41, 5.74) is 1.20. The Kier molecular flexibility index (Phi) is 5.36. The van der Waals surface area contributed by atoms with E-state index < -0.39 is 0 Å². The summed E-state index contributed by atoms with van der Waals surface area (Å²) >= 11 is 0. The van der Waals surface area contributed by atoms with Crippen LogP contribution in [-0.4, -0.2) is 53.3 Å². The van der Waals surface area contributed by atoms with Gasteiger partial charge < -0.3 is 14.6 Å². The highest BCUT2D eigenvalue weighted by molar-refractivity contribution is 4.96. The predicted molar refractivity (Wildman–Crippen MR) is 75.9 cm³/mol. The van der Waals surface area contributed by atoms with Gasteiger partial charge in [0.25, 0.3) is 0 Å². The van der Waals surface area contributed by atoms with Gasteiger partial charge in [-0.25, -0.2) is 4.98 Å². The Labute approximate surface area is 116 Å². The normalized spacial score (nSPS) is 21.2. The average molecular weight is 266 g/mol. The van der Waals surface area contributed by atoms with Crippen molar-refractivity contribution in [2.75, 3.05) is 32.8 Å². The summed E-state index contributed by atoms with van der Waals surface area (Å²) in [5, 5.41) is 3.46. The molecule has 0 saturated carbocycles. The second-order valence-electron chi connectivity index (χ2n) is 5.77. The quantitative estimate of drug-likeness (QED) is 0.829. The van der Waals surface area contributed by atoms with Gasteiger partial charge in [-0.3, -0.25) is 4.90 Å². The number of hydrogen-bond donors (Lipinski definition) is 1. The average Bonchev–Trinajstić information content (AvgIpc) is 2.75. The maximum atomic E-state index is 5.81. The van der Waals surface area contributed by atoms with E-state index in [0.717, 1.165) is 38.7 Å². The van der Waals surface area contributed by atoms with Gasteiger partial charge in [-0.05, 0) is 5.92 Å². The van der Waals surface area contributed by atoms with Gasteiger partial charge in [0.1, 0.15) is 0 Å². The van der Waals surface area contributed by atoms with Crippen molar-refractivity contribution in [3.8, 4) is 0 Å². The zero-order valence-corrected chi connectivity index (χ0v) is 12.3. The fourth-order valence-corrected chi connectivity index (χ4v) is 2.50. The third-order valence-corrected chi connectivity index (χ3v) is 3.44. The van der Waals surface area contributed by atoms with E-state index in [1.54, 1.807) is 0 Å². The molecule has 2 rings (SSSR count). The molecular formula is C14H26N4O. The summed E-state index contributed by atoms with van der Waals surface area (Å²) in [6.45, 7) is 10.4. The van der Waals surface area contributed by atoms with Crippen LogP contribution in [0.2, 0.25) is 0 Å². The summed E-state index contributed by atoms with van der Waals surface area (Å²) in [6.07, 6.45) is 4.04. The number of ether oxygens (including phenoxy) is 1. The van der Waals surface area contributed by atoms with Crippen molar-refractivity contribution >= 4 is 0 Å². The van der Waals surface area contributed by atoms with E-state index in [1.807, 2.05) is 24.1 Å². The second-order valence-corrected chi connectivity index (χ2v) is 5.77. The molecule has 5 heteroatoms. The van der Waals surface area contributed by atoms with Gasteiger partial charge in [-0.2, -0.15) is 0 Å². The van der Waals surface area contributed by atoms with Crippen molar-refractivity contribution in [3.05, 3.63) is 18.2 Å². The van der Waals surface area contributed by atoms with Gasteiger partial charge in [0.15, 0.2) is 0 Å². The van der Waals surface area contributed by atoms with E-state index in [-0.39, 0.29) is 0 Å². The molecular weight excluding hydrogens is 240 g/mol. The van der Waals surface area contributed by atoms with Gasteiger partial charge in [0.05, 0.1) is 24.7 Å². The number of hydrogen-bond acceptors (Lipinski definition) is 4. The van der Waals surface area contributed by atoms with E-state index in [1.165, 1.54) is 12.2 Å². The molecule has 1 aliphatic rings. The first kappa shape index (κ1) is 14.5. The van der Waals surface area contributed by atoms with Crippen LogP contribution in [0.5, 0.6) is 0 Å². The number of nitrogens with one attached hydrogen (secondary N) is 1. The Bertz CT molecular complexity index is 377. The molecule has 1 N–H and O–H groups in total. The molecule has 0 radical (unpaired) electrons. The Hall–Kier alpha value is -0.910. The first-order valence-corrected chi connectivity index (χ1v) is 7.15. The third-order valence-electron chi connectivity index (χ3n) is 3.44. The van der Waals surface area contributed by atoms with E-state index in [9.17, 15) is 0 Å². The van der Waals surface area contributed by atoms with E-state index in [4.69, 9.17) is 4.74 Å². The van der Waals surface area contributed by atoms with Gasteiger partial charge in [-0.15, -0.1) is 0 Å². The van der Waals surface area contributed by atoms with Crippen LogP contribution in [0.15, 0.2) is 12.5 Å². The van der Waals surface area contributed by atoms with E-state index in [0.29, 0.717) is 6.10 Å². The molecule has 1 aliphatic heterocycles. The van der Waals surface area contributed by atoms with Crippen LogP contribution >= 0.6 is 0 Å². The van der Waals surface area contributed by atoms with Crippen molar-refractivity contribution in [2.45, 2.75) is 26.5 Å². The molecule has 0 spiro atoms. The Morgan fingerprint density at radius 1 is 1.53 bits per heavy atom. The maximum Gasteiger partial charge on any atom is 0.0945 e. The summed E-state index contributed by atoms with van der Waals surface area (Å²) in [4.78, 5) is 6.62. The molecule has 1 atom stereocenters. The largest absolute Gasteiger partial charge is 0.374 e. The minimum atomic E-state index is 0.306. The smallest absolute Gasteiger partial charge is 0.0945 e. The molecule has 0 aliphatic carbocycles. The van der Waals surface area contributed by atoms with Crippen molar-refractivity contribution in [3.63, 3.8) is 0 Å². The molecule has 1 fully saturated rings. The van der Waals surface area contributed by atoms with Crippen LogP contribution in [0.1, 0.15) is 19.5 Å². The highest BCUT2D eigenvalue weighted by Gasteiger charge is 2.20. The molecule has 1 unspecified atom stereocenters. The monoisotopic (exact) mass is 266 g/mol. The van der Waals surface area contributed by atoms with Gasteiger partial charge >= 0.3 is 0 Å². The standard InChI is InChI=1S/C14H26N4O/c1-12(2)9-18-4-5-19-14(10-18)8-15-6-13-7-16-11-17(13)3/h7,11-12,14-15H,4-6,8-10H2,1-3H3. The Morgan fingerprint density at radius 3 is 3.05 bits per heavy atom. The van der Waals surface area contributed by atoms with Crippen molar-refractivity contribution < 1.29 is 4.74 Å². The van der Waals surface area contributed by atoms with Gasteiger partial charge in [0.2, 0.25) is 0 Å². The lowest BCUT2D eigenvalue weighted by molar-refractivity contribution is -0.0304. The molecule has 0 aromatic carbocycles. The molecule has 5 nitrogen and oxygen atoms in total. The molecule has 108 valence electrons. The molecule has 19 heavy (non-hydrogen) atoms. The highest BCUT2D eigenvalue weighted by Crippen LogP contribution is 2.07. The fourth-order valence-electron chi connectivity index (χ4n) is 2.50. The summed E-state index contributed by atoms with van der Waals surface area (Å²) in [7, 11) is 2.02. The molecule has 2 heterocycles. The minimum absolute atomic E-state index is 0.306. The predicted octanol–water partition coefficient (Wildman–Crippen LogP) is 0.866. The van der Waals surface area contributed by atoms with Crippen molar-refractivity contribution in [1.82, 2.24) is 19.8 Å². The van der Waals surface area contributed by atoms with Crippen LogP contribution in [0.3, 0.4) is 0 Å². The number of aryl methyl sites for hydroxylation is 1. The first-order chi connectivity index (χ1) is 9.15. The first-order valence-electron chi connectivity index (χ1n) is 7.15. The SMILES string of the molecule is CC(C)CN1CCOC(CNCc2cncn2C)C1. The number of morpholine rings is 1. The Morgan fingerprint density at radius 2 is 2.37 bits per heavy atom. The van der Waals surface area contributed by atoms with Gasteiger partial charge in [0, 0.05) is 46.0 Å².